The molecular formula is C99H126N18O15S3. The number of nitrogens with one attached hydrogen (secondary N) is 6. The third kappa shape index (κ3) is 16.2. The second-order valence-electron chi connectivity index (χ2n) is 44.1. The molecule has 9 saturated carbocycles. The van der Waals surface area contributed by atoms with Gasteiger partial charge in [0.05, 0.1) is 16.7 Å². The Balaban J connectivity index is 0.000000118. The molecule has 24 rings (SSSR count). The van der Waals surface area contributed by atoms with Gasteiger partial charge in [-0.3, -0.25) is 43.5 Å². The number of carbonyl (C=O) groups is 6. The smallest absolute Gasteiger partial charge is 0.281 e. The predicted molar refractivity (Wildman–Crippen MR) is 506 cm³/mol. The van der Waals surface area contributed by atoms with Gasteiger partial charge in [-0.15, -0.1) is 0 Å². The van der Waals surface area contributed by atoms with Crippen molar-refractivity contribution in [3.05, 3.63) is 108 Å². The van der Waals surface area contributed by atoms with Crippen molar-refractivity contribution < 1.29 is 68.2 Å². The van der Waals surface area contributed by atoms with E-state index in [0.29, 0.717) is 201 Å². The van der Waals surface area contributed by atoms with Crippen LogP contribution < -0.4 is 59.5 Å². The van der Waals surface area contributed by atoms with E-state index < -0.39 is 66.1 Å². The lowest BCUT2D eigenvalue weighted by Gasteiger charge is -2.34. The van der Waals surface area contributed by atoms with Gasteiger partial charge in [-0.05, 0) is 336 Å². The van der Waals surface area contributed by atoms with E-state index in [1.165, 1.54) is 95.2 Å². The maximum absolute atomic E-state index is 13.7. The van der Waals surface area contributed by atoms with Crippen LogP contribution in [0.4, 0.5) is 52.4 Å². The van der Waals surface area contributed by atoms with E-state index in [1.54, 1.807) is 87.5 Å². The summed E-state index contributed by atoms with van der Waals surface area (Å²) in [6.45, 7) is 20.0. The number of anilines is 9. The van der Waals surface area contributed by atoms with Crippen molar-refractivity contribution in [1.29, 1.82) is 0 Å². The van der Waals surface area contributed by atoms with Gasteiger partial charge in [0.2, 0.25) is 0 Å². The van der Waals surface area contributed by atoms with E-state index in [0.717, 1.165) is 94.8 Å². The van der Waals surface area contributed by atoms with Gasteiger partial charge in [0.1, 0.15) is 70.7 Å². The Kier molecular flexibility index (Phi) is 22.1. The van der Waals surface area contributed by atoms with Crippen LogP contribution >= 0.6 is 0 Å². The van der Waals surface area contributed by atoms with E-state index >= 15 is 0 Å². The fourth-order valence-corrected chi connectivity index (χ4v) is 30.2. The van der Waals surface area contributed by atoms with Crippen LogP contribution in [0.25, 0.3) is 0 Å². The Labute approximate surface area is 790 Å². The van der Waals surface area contributed by atoms with Crippen LogP contribution in [0.2, 0.25) is 0 Å². The van der Waals surface area contributed by atoms with E-state index in [1.807, 2.05) is 0 Å². The topological polar surface area (TPSA) is 401 Å². The number of amides is 6. The minimum absolute atomic E-state index is 0.110. The Morgan fingerprint density at radius 1 is 0.341 bits per heavy atom. The Morgan fingerprint density at radius 2 is 0.600 bits per heavy atom. The minimum atomic E-state index is -4.25. The average molecular weight is 1900 g/mol. The van der Waals surface area contributed by atoms with Crippen molar-refractivity contribution in [2.75, 3.05) is 124 Å². The van der Waals surface area contributed by atoms with E-state index in [9.17, 15) is 54.0 Å². The van der Waals surface area contributed by atoms with Crippen molar-refractivity contribution in [3.63, 3.8) is 0 Å². The molecule has 6 amide bonds. The van der Waals surface area contributed by atoms with Crippen molar-refractivity contribution >= 4 is 118 Å². The molecule has 6 atom stereocenters. The number of pyridine rings is 6. The molecule has 6 N–H and O–H groups in total. The zero-order valence-corrected chi connectivity index (χ0v) is 80.6. The van der Waals surface area contributed by atoms with Crippen LogP contribution in [0.15, 0.2) is 106 Å². The molecule has 3 unspecified atom stereocenters. The molecule has 33 nitrogen and oxygen atoms in total. The highest BCUT2D eigenvalue weighted by Gasteiger charge is 2.87. The number of hydrogen-bond acceptors (Lipinski definition) is 27. The Morgan fingerprint density at radius 3 is 0.852 bits per heavy atom. The molecule has 9 aliphatic heterocycles. The first-order chi connectivity index (χ1) is 64.6. The summed E-state index contributed by atoms with van der Waals surface area (Å²) in [6.07, 6.45) is 28.1. The number of rotatable bonds is 15. The SMILES string of the molecule is CC1(C)C[C@@H]2CCCNc3cccc(n3)S(=O)(=O)NC(=O)c3ccc(N4CCC(OCCC5C6(CC6)C56CC6)C4=O)nc3N1C2.CC1(C)C[C@@H]2CCCNc3cccc(n3)S(=O)(=O)NC(=O)c3ccc(N4CCC(OCCC5C6(CC6)C56CC6)C4=O)nc3N1C2.CC1(C)C[C@@H]2CCCNc3cccc(n3)S(=O)(=O)NC(=O)c3ccc(N4CCC(OCCC5C6(CC6)C56CC6)C4=O)nc3N1C2. The number of carbonyl (C=O) groups excluding carboxylic acids is 6. The fourth-order valence-electron chi connectivity index (χ4n) is 27.4. The average Bonchev–Trinajstić information content (AvgIpc) is 1.45. The van der Waals surface area contributed by atoms with Gasteiger partial charge in [-0.1, -0.05) is 18.2 Å². The minimum Gasteiger partial charge on any atom is -0.370 e. The van der Waals surface area contributed by atoms with Gasteiger partial charge in [0.15, 0.2) is 15.1 Å². The number of nitrogens with zero attached hydrogens (tertiary/aromatic N) is 12. The number of sulfonamides is 3. The molecule has 6 aromatic rings. The van der Waals surface area contributed by atoms with Crippen molar-refractivity contribution in [1.82, 2.24) is 44.1 Å². The highest BCUT2D eigenvalue weighted by Crippen LogP contribution is 2.95. The molecule has 0 radical (unpaired) electrons. The highest BCUT2D eigenvalue weighted by molar-refractivity contribution is 7.90. The summed E-state index contributed by atoms with van der Waals surface area (Å²) in [5.41, 5.74) is 3.23. The Hall–Kier alpha value is -9.75. The third-order valence-corrected chi connectivity index (χ3v) is 38.6. The highest BCUT2D eigenvalue weighted by atomic mass is 32.2. The van der Waals surface area contributed by atoms with Gasteiger partial charge in [0, 0.05) is 115 Å². The van der Waals surface area contributed by atoms with E-state index in [4.69, 9.17) is 29.2 Å². The molecule has 720 valence electrons. The fraction of sp³-hybridized carbons (Fsp3) is 0.636. The largest absolute Gasteiger partial charge is 0.370 e. The maximum Gasteiger partial charge on any atom is 0.281 e. The first-order valence-electron chi connectivity index (χ1n) is 49.6. The molecule has 6 aromatic heterocycles. The molecule has 6 spiro atoms. The summed E-state index contributed by atoms with van der Waals surface area (Å²) in [5, 5.41) is 8.94. The molecule has 15 fully saturated rings. The summed E-state index contributed by atoms with van der Waals surface area (Å²) in [5.74, 6) is 4.61. The third-order valence-electron chi connectivity index (χ3n) is 34.9. The summed E-state index contributed by atoms with van der Waals surface area (Å²) in [7, 11) is -12.8. The summed E-state index contributed by atoms with van der Waals surface area (Å²) >= 11 is 0. The van der Waals surface area contributed by atoms with Crippen LogP contribution in [-0.2, 0) is 58.7 Å². The van der Waals surface area contributed by atoms with Crippen LogP contribution in [0.1, 0.15) is 246 Å². The van der Waals surface area contributed by atoms with Crippen LogP contribution in [0, 0.1) is 68.0 Å². The van der Waals surface area contributed by atoms with Crippen LogP contribution in [0.3, 0.4) is 0 Å². The first kappa shape index (κ1) is 90.4. The van der Waals surface area contributed by atoms with E-state index in [-0.39, 0.29) is 66.1 Å². The van der Waals surface area contributed by atoms with Gasteiger partial charge < -0.3 is 44.9 Å². The maximum atomic E-state index is 13.7. The van der Waals surface area contributed by atoms with Crippen LogP contribution in [0.5, 0.6) is 0 Å². The first-order valence-corrected chi connectivity index (χ1v) is 54.0. The lowest BCUT2D eigenvalue weighted by atomic mass is 9.93. The molecule has 36 heteroatoms. The summed E-state index contributed by atoms with van der Waals surface area (Å²) < 4.78 is 105. The zero-order chi connectivity index (χ0) is 93.6. The molecular weight excluding hydrogens is 1780 g/mol. The summed E-state index contributed by atoms with van der Waals surface area (Å²) in [6, 6.07) is 23.8. The van der Waals surface area contributed by atoms with E-state index in [2.05, 4.69) is 101 Å². The molecule has 6 saturated heterocycles. The Bertz CT molecular complexity index is 5540. The molecule has 12 bridgehead atoms. The molecule has 18 aliphatic rings. The monoisotopic (exact) mass is 1900 g/mol. The van der Waals surface area contributed by atoms with Crippen molar-refractivity contribution in [2.24, 2.45) is 68.0 Å². The lowest BCUT2D eigenvalue weighted by Crippen LogP contribution is -2.41. The number of aromatic nitrogens is 6. The molecule has 0 aromatic carbocycles. The molecule has 9 aliphatic carbocycles. The number of fused-ring (bicyclic) bond motifs is 21. The van der Waals surface area contributed by atoms with Crippen molar-refractivity contribution in [2.45, 2.75) is 265 Å². The predicted octanol–water partition coefficient (Wildman–Crippen LogP) is 12.3. The second-order valence-corrected chi connectivity index (χ2v) is 49.0. The van der Waals surface area contributed by atoms with Gasteiger partial charge >= 0.3 is 0 Å². The van der Waals surface area contributed by atoms with Crippen LogP contribution in [-0.4, -0.2) is 204 Å². The lowest BCUT2D eigenvalue weighted by molar-refractivity contribution is -0.127. The number of hydrogen-bond donors (Lipinski definition) is 6. The standard InChI is InChI=1S/3C33H42N6O5S/c3*1-31(2)19-21-5-4-16-34-25-6-3-7-27(35-25)45(42,43)37-29(40)22-8-9-26(36-28(22)39(31)20-21)38-17-10-23(30(38)41)44-18-11-24-32(12-13-32)33(24)14-15-33/h3*3,6-9,21,23-24H,4-5,10-20H2,1-2H3,(H,34,35)(H,37,40)/t3*21-,23?/m000/s1. The quantitative estimate of drug-likeness (QED) is 0.0556. The van der Waals surface area contributed by atoms with Gasteiger partial charge in [0.25, 0.3) is 65.5 Å². The van der Waals surface area contributed by atoms with Crippen molar-refractivity contribution in [3.8, 4) is 0 Å². The molecule has 15 heterocycles. The second kappa shape index (κ2) is 33.0. The normalized spacial score (nSPS) is 28.7. The summed E-state index contributed by atoms with van der Waals surface area (Å²) in [4.78, 5) is 120. The zero-order valence-electron chi connectivity index (χ0n) is 78.1. The van der Waals surface area contributed by atoms with Gasteiger partial charge in [-0.25, -0.2) is 44.1 Å². The number of ether oxygens (including phenoxy) is 3. The molecule has 135 heavy (non-hydrogen) atoms. The van der Waals surface area contributed by atoms with Gasteiger partial charge in [-0.2, -0.15) is 25.3 Å².